The van der Waals surface area contributed by atoms with Crippen molar-refractivity contribution in [3.8, 4) is 0 Å². The van der Waals surface area contributed by atoms with E-state index >= 15 is 0 Å². The van der Waals surface area contributed by atoms with Crippen LogP contribution in [0.25, 0.3) is 0 Å². The lowest BCUT2D eigenvalue weighted by Crippen LogP contribution is -2.43. The van der Waals surface area contributed by atoms with E-state index in [1.54, 1.807) is 4.90 Å². The maximum absolute atomic E-state index is 11.6. The minimum atomic E-state index is -0.380. The molecule has 0 N–H and O–H groups in total. The second kappa shape index (κ2) is 3.57. The summed E-state index contributed by atoms with van der Waals surface area (Å²) in [4.78, 5) is 13.4. The lowest BCUT2D eigenvalue weighted by Gasteiger charge is -2.41. The SMILES string of the molecule is CN1C(=O)CCC2CC3(CC=C21)OCCO3. The van der Waals surface area contributed by atoms with Crippen LogP contribution in [0.5, 0.6) is 0 Å². The molecule has 4 heteroatoms. The fourth-order valence-corrected chi connectivity index (χ4v) is 2.99. The fourth-order valence-electron chi connectivity index (χ4n) is 2.99. The largest absolute Gasteiger partial charge is 0.347 e. The standard InChI is InChI=1S/C12H17NO3/c1-13-10-4-5-12(15-6-7-16-12)8-9(10)2-3-11(13)14/h4,9H,2-3,5-8H2,1H3. The minimum absolute atomic E-state index is 0.228. The van der Waals surface area contributed by atoms with E-state index in [1.807, 2.05) is 7.05 Å². The molecule has 4 nitrogen and oxygen atoms in total. The van der Waals surface area contributed by atoms with Crippen LogP contribution < -0.4 is 0 Å². The van der Waals surface area contributed by atoms with Crippen LogP contribution in [-0.2, 0) is 14.3 Å². The molecule has 3 aliphatic rings. The van der Waals surface area contributed by atoms with Crippen molar-refractivity contribution < 1.29 is 14.3 Å². The van der Waals surface area contributed by atoms with Crippen LogP contribution in [0, 0.1) is 5.92 Å². The summed E-state index contributed by atoms with van der Waals surface area (Å²) in [6.45, 7) is 1.40. The van der Waals surface area contributed by atoms with Crippen molar-refractivity contribution in [2.45, 2.75) is 31.5 Å². The molecular weight excluding hydrogens is 206 g/mol. The molecule has 2 heterocycles. The van der Waals surface area contributed by atoms with Crippen LogP contribution in [-0.4, -0.2) is 36.9 Å². The number of fused-ring (bicyclic) bond motifs is 1. The van der Waals surface area contributed by atoms with Gasteiger partial charge in [0.15, 0.2) is 5.79 Å². The molecule has 1 unspecified atom stereocenters. The molecule has 16 heavy (non-hydrogen) atoms. The van der Waals surface area contributed by atoms with Gasteiger partial charge in [0.1, 0.15) is 0 Å². The van der Waals surface area contributed by atoms with E-state index < -0.39 is 0 Å². The van der Waals surface area contributed by atoms with Crippen molar-refractivity contribution in [2.75, 3.05) is 20.3 Å². The molecule has 0 aromatic rings. The molecule has 2 saturated heterocycles. The zero-order valence-electron chi connectivity index (χ0n) is 9.57. The van der Waals surface area contributed by atoms with Crippen molar-refractivity contribution in [1.82, 2.24) is 4.90 Å². The van der Waals surface area contributed by atoms with Crippen molar-refractivity contribution in [3.63, 3.8) is 0 Å². The Kier molecular flexibility index (Phi) is 2.30. The van der Waals surface area contributed by atoms with Gasteiger partial charge in [-0.25, -0.2) is 0 Å². The number of allylic oxidation sites excluding steroid dienone is 1. The van der Waals surface area contributed by atoms with Gasteiger partial charge < -0.3 is 14.4 Å². The lowest BCUT2D eigenvalue weighted by atomic mass is 9.81. The summed E-state index contributed by atoms with van der Waals surface area (Å²) in [5.41, 5.74) is 1.17. The second-order valence-corrected chi connectivity index (χ2v) is 4.83. The van der Waals surface area contributed by atoms with Crippen molar-refractivity contribution in [3.05, 3.63) is 11.8 Å². The number of rotatable bonds is 0. The number of nitrogens with zero attached hydrogens (tertiary/aromatic N) is 1. The Hall–Kier alpha value is -0.870. The Morgan fingerprint density at radius 1 is 1.44 bits per heavy atom. The Bertz CT molecular complexity index is 344. The molecule has 3 rings (SSSR count). The van der Waals surface area contributed by atoms with Crippen molar-refractivity contribution in [1.29, 1.82) is 0 Å². The third kappa shape index (κ3) is 1.48. The predicted octanol–water partition coefficient (Wildman–Crippen LogP) is 1.28. The van der Waals surface area contributed by atoms with Gasteiger partial charge in [-0.3, -0.25) is 4.79 Å². The summed E-state index contributed by atoms with van der Waals surface area (Å²) in [5, 5.41) is 0. The average Bonchev–Trinajstić information content (AvgIpc) is 2.72. The first-order chi connectivity index (χ1) is 7.70. The van der Waals surface area contributed by atoms with E-state index in [1.165, 1.54) is 5.70 Å². The molecule has 2 aliphatic heterocycles. The first-order valence-corrected chi connectivity index (χ1v) is 5.95. The van der Waals surface area contributed by atoms with Gasteiger partial charge in [0, 0.05) is 37.9 Å². The first-order valence-electron chi connectivity index (χ1n) is 5.95. The maximum Gasteiger partial charge on any atom is 0.226 e. The molecule has 0 saturated carbocycles. The molecule has 0 radical (unpaired) electrons. The third-order valence-corrected chi connectivity index (χ3v) is 3.88. The third-order valence-electron chi connectivity index (χ3n) is 3.88. The van der Waals surface area contributed by atoms with E-state index in [-0.39, 0.29) is 11.7 Å². The highest BCUT2D eigenvalue weighted by atomic mass is 16.7. The highest BCUT2D eigenvalue weighted by molar-refractivity contribution is 5.79. The van der Waals surface area contributed by atoms with Gasteiger partial charge in [0.2, 0.25) is 5.91 Å². The van der Waals surface area contributed by atoms with Gasteiger partial charge in [-0.1, -0.05) is 6.08 Å². The lowest BCUT2D eigenvalue weighted by molar-refractivity contribution is -0.173. The summed E-state index contributed by atoms with van der Waals surface area (Å²) in [6, 6.07) is 0. The number of piperidine rings is 1. The zero-order valence-corrected chi connectivity index (χ0v) is 9.57. The summed E-state index contributed by atoms with van der Waals surface area (Å²) in [6.07, 6.45) is 5.38. The average molecular weight is 223 g/mol. The Balaban J connectivity index is 1.84. The van der Waals surface area contributed by atoms with E-state index in [2.05, 4.69) is 6.08 Å². The van der Waals surface area contributed by atoms with Gasteiger partial charge in [0.25, 0.3) is 0 Å². The highest BCUT2D eigenvalue weighted by Gasteiger charge is 2.44. The smallest absolute Gasteiger partial charge is 0.226 e. The molecule has 2 fully saturated rings. The molecule has 88 valence electrons. The fraction of sp³-hybridized carbons (Fsp3) is 0.750. The van der Waals surface area contributed by atoms with Crippen LogP contribution in [0.3, 0.4) is 0 Å². The van der Waals surface area contributed by atoms with E-state index in [9.17, 15) is 4.79 Å². The number of amides is 1. The Labute approximate surface area is 95.2 Å². The van der Waals surface area contributed by atoms with Gasteiger partial charge >= 0.3 is 0 Å². The Morgan fingerprint density at radius 2 is 2.19 bits per heavy atom. The molecule has 0 aromatic carbocycles. The highest BCUT2D eigenvalue weighted by Crippen LogP contribution is 2.42. The van der Waals surface area contributed by atoms with Crippen LogP contribution in [0.2, 0.25) is 0 Å². The van der Waals surface area contributed by atoms with Gasteiger partial charge in [-0.2, -0.15) is 0 Å². The Morgan fingerprint density at radius 3 is 2.94 bits per heavy atom. The number of hydrogen-bond acceptors (Lipinski definition) is 3. The molecule has 1 aliphatic carbocycles. The predicted molar refractivity (Wildman–Crippen MR) is 57.4 cm³/mol. The minimum Gasteiger partial charge on any atom is -0.347 e. The molecule has 1 amide bonds. The van der Waals surface area contributed by atoms with Crippen molar-refractivity contribution in [2.24, 2.45) is 5.92 Å². The van der Waals surface area contributed by atoms with Gasteiger partial charge in [-0.05, 0) is 6.42 Å². The molecular formula is C12H17NO3. The summed E-state index contributed by atoms with van der Waals surface area (Å²) >= 11 is 0. The van der Waals surface area contributed by atoms with Crippen LogP contribution in [0.15, 0.2) is 11.8 Å². The summed E-state index contributed by atoms with van der Waals surface area (Å²) < 4.78 is 11.4. The molecule has 1 atom stereocenters. The number of ether oxygens (including phenoxy) is 2. The van der Waals surface area contributed by atoms with Crippen LogP contribution in [0.4, 0.5) is 0 Å². The van der Waals surface area contributed by atoms with Crippen molar-refractivity contribution >= 4 is 5.91 Å². The maximum atomic E-state index is 11.6. The monoisotopic (exact) mass is 223 g/mol. The molecule has 1 spiro atoms. The second-order valence-electron chi connectivity index (χ2n) is 4.83. The number of hydrogen-bond donors (Lipinski definition) is 0. The summed E-state index contributed by atoms with van der Waals surface area (Å²) in [7, 11) is 1.87. The quantitative estimate of drug-likeness (QED) is 0.621. The van der Waals surface area contributed by atoms with E-state index in [0.29, 0.717) is 25.6 Å². The van der Waals surface area contributed by atoms with E-state index in [4.69, 9.17) is 9.47 Å². The normalized spacial score (nSPS) is 32.8. The number of likely N-dealkylation sites (tertiary alicyclic amines) is 1. The van der Waals surface area contributed by atoms with Crippen LogP contribution in [0.1, 0.15) is 25.7 Å². The van der Waals surface area contributed by atoms with E-state index in [0.717, 1.165) is 19.3 Å². The number of carbonyl (C=O) groups is 1. The zero-order chi connectivity index (χ0) is 11.2. The first kappa shape index (κ1) is 10.3. The molecule has 0 aromatic heterocycles. The topological polar surface area (TPSA) is 38.8 Å². The van der Waals surface area contributed by atoms with Crippen LogP contribution >= 0.6 is 0 Å². The molecule has 0 bridgehead atoms. The van der Waals surface area contributed by atoms with Gasteiger partial charge in [0.05, 0.1) is 13.2 Å². The van der Waals surface area contributed by atoms with Gasteiger partial charge in [-0.15, -0.1) is 0 Å². The summed E-state index contributed by atoms with van der Waals surface area (Å²) in [5.74, 6) is 0.274. The number of carbonyl (C=O) groups excluding carboxylic acids is 1.